The van der Waals surface area contributed by atoms with Crippen molar-refractivity contribution in [3.63, 3.8) is 0 Å². The summed E-state index contributed by atoms with van der Waals surface area (Å²) in [6.45, 7) is 2.03. The van der Waals surface area contributed by atoms with Gasteiger partial charge in [0.2, 0.25) is 0 Å². The van der Waals surface area contributed by atoms with E-state index in [2.05, 4.69) is 5.43 Å². The van der Waals surface area contributed by atoms with Crippen LogP contribution in [0.4, 0.5) is 8.78 Å². The Hall–Kier alpha value is -1.78. The van der Waals surface area contributed by atoms with Crippen LogP contribution in [0.15, 0.2) is 42.5 Å². The molecule has 0 aliphatic rings. The van der Waals surface area contributed by atoms with Gasteiger partial charge in [-0.15, -0.1) is 0 Å². The maximum Gasteiger partial charge on any atom is 0.163 e. The van der Waals surface area contributed by atoms with Gasteiger partial charge in [-0.05, 0) is 23.6 Å². The molecule has 2 aromatic rings. The second kappa shape index (κ2) is 5.91. The van der Waals surface area contributed by atoms with Gasteiger partial charge in [-0.2, -0.15) is 0 Å². The second-order valence-corrected chi connectivity index (χ2v) is 4.34. The summed E-state index contributed by atoms with van der Waals surface area (Å²) in [5.74, 6) is 3.77. The first-order chi connectivity index (χ1) is 9.17. The van der Waals surface area contributed by atoms with Gasteiger partial charge in [0, 0.05) is 5.56 Å². The summed E-state index contributed by atoms with van der Waals surface area (Å²) in [7, 11) is 0. The molecule has 0 aliphatic heterocycles. The first-order valence-corrected chi connectivity index (χ1v) is 6.16. The van der Waals surface area contributed by atoms with E-state index in [1.165, 1.54) is 12.1 Å². The fourth-order valence-corrected chi connectivity index (χ4v) is 2.10. The van der Waals surface area contributed by atoms with E-state index < -0.39 is 17.7 Å². The summed E-state index contributed by atoms with van der Waals surface area (Å²) in [6, 6.07) is 11.2. The zero-order chi connectivity index (χ0) is 13.8. The first-order valence-electron chi connectivity index (χ1n) is 6.16. The van der Waals surface area contributed by atoms with Crippen LogP contribution < -0.4 is 11.3 Å². The lowest BCUT2D eigenvalue weighted by molar-refractivity contribution is 0.483. The molecule has 1 unspecified atom stereocenters. The molecule has 0 fully saturated rings. The van der Waals surface area contributed by atoms with Crippen molar-refractivity contribution >= 4 is 0 Å². The largest absolute Gasteiger partial charge is 0.271 e. The number of hydrazine groups is 1. The zero-order valence-corrected chi connectivity index (χ0v) is 10.7. The van der Waals surface area contributed by atoms with Crippen molar-refractivity contribution in [1.29, 1.82) is 0 Å². The lowest BCUT2D eigenvalue weighted by Gasteiger charge is -2.18. The summed E-state index contributed by atoms with van der Waals surface area (Å²) in [5.41, 5.74) is 4.68. The van der Waals surface area contributed by atoms with Gasteiger partial charge in [0.15, 0.2) is 11.6 Å². The lowest BCUT2D eigenvalue weighted by Crippen LogP contribution is -2.29. The van der Waals surface area contributed by atoms with Gasteiger partial charge >= 0.3 is 0 Å². The molecule has 0 radical (unpaired) electrons. The number of halogens is 2. The van der Waals surface area contributed by atoms with Gasteiger partial charge in [0.25, 0.3) is 0 Å². The van der Waals surface area contributed by atoms with E-state index in [-0.39, 0.29) is 5.56 Å². The van der Waals surface area contributed by atoms with Crippen LogP contribution in [0, 0.1) is 11.6 Å². The van der Waals surface area contributed by atoms with Crippen molar-refractivity contribution in [1.82, 2.24) is 5.43 Å². The number of nitrogens with one attached hydrogen (secondary N) is 1. The molecule has 100 valence electrons. The molecule has 2 nitrogen and oxygen atoms in total. The van der Waals surface area contributed by atoms with E-state index in [1.807, 2.05) is 31.2 Å². The number of rotatable bonds is 4. The molecule has 4 heteroatoms. The third-order valence-corrected chi connectivity index (χ3v) is 3.15. The van der Waals surface area contributed by atoms with Crippen molar-refractivity contribution in [3.05, 3.63) is 70.8 Å². The molecule has 1 atom stereocenters. The van der Waals surface area contributed by atoms with Crippen LogP contribution in [0.5, 0.6) is 0 Å². The molecular formula is C15H16F2N2. The van der Waals surface area contributed by atoms with E-state index in [0.717, 1.165) is 23.6 Å². The highest BCUT2D eigenvalue weighted by Gasteiger charge is 2.18. The minimum Gasteiger partial charge on any atom is -0.271 e. The molecule has 0 amide bonds. The Labute approximate surface area is 111 Å². The molecule has 0 aliphatic carbocycles. The van der Waals surface area contributed by atoms with E-state index in [4.69, 9.17) is 5.84 Å². The van der Waals surface area contributed by atoms with Crippen LogP contribution in [-0.2, 0) is 6.42 Å². The predicted molar refractivity (Wildman–Crippen MR) is 71.3 cm³/mol. The average Bonchev–Trinajstić information content (AvgIpc) is 2.44. The second-order valence-electron chi connectivity index (χ2n) is 4.34. The maximum absolute atomic E-state index is 13.8. The zero-order valence-electron chi connectivity index (χ0n) is 10.7. The van der Waals surface area contributed by atoms with Gasteiger partial charge in [0.1, 0.15) is 0 Å². The van der Waals surface area contributed by atoms with Crippen molar-refractivity contribution in [2.75, 3.05) is 0 Å². The number of nitrogens with two attached hydrogens (primary N) is 1. The van der Waals surface area contributed by atoms with E-state index in [9.17, 15) is 8.78 Å². The number of hydrogen-bond donors (Lipinski definition) is 2. The fraction of sp³-hybridized carbons (Fsp3) is 0.200. The minimum absolute atomic E-state index is 0.204. The summed E-state index contributed by atoms with van der Waals surface area (Å²) < 4.78 is 27.1. The third kappa shape index (κ3) is 2.80. The van der Waals surface area contributed by atoms with E-state index in [1.54, 1.807) is 0 Å². The normalized spacial score (nSPS) is 12.4. The molecule has 0 saturated carbocycles. The van der Waals surface area contributed by atoms with E-state index >= 15 is 0 Å². The average molecular weight is 262 g/mol. The Morgan fingerprint density at radius 2 is 1.89 bits per heavy atom. The standard InChI is InChI=1S/C15H16F2N2/c1-2-10-5-3-6-11(9-10)15(19-18)12-7-4-8-13(16)14(12)17/h3-9,15,19H,2,18H2,1H3. The number of hydrogen-bond acceptors (Lipinski definition) is 2. The monoisotopic (exact) mass is 262 g/mol. The Balaban J connectivity index is 2.46. The highest BCUT2D eigenvalue weighted by Crippen LogP contribution is 2.25. The maximum atomic E-state index is 13.8. The molecule has 19 heavy (non-hydrogen) atoms. The molecule has 0 heterocycles. The lowest BCUT2D eigenvalue weighted by atomic mass is 9.96. The van der Waals surface area contributed by atoms with Crippen LogP contribution in [0.3, 0.4) is 0 Å². The quantitative estimate of drug-likeness (QED) is 0.656. The highest BCUT2D eigenvalue weighted by atomic mass is 19.2. The topological polar surface area (TPSA) is 38.0 Å². The number of aryl methyl sites for hydroxylation is 1. The molecule has 0 bridgehead atoms. The highest BCUT2D eigenvalue weighted by molar-refractivity contribution is 5.35. The van der Waals surface area contributed by atoms with Gasteiger partial charge in [-0.1, -0.05) is 43.3 Å². The molecular weight excluding hydrogens is 246 g/mol. The van der Waals surface area contributed by atoms with Crippen molar-refractivity contribution in [2.24, 2.45) is 5.84 Å². The van der Waals surface area contributed by atoms with Crippen molar-refractivity contribution < 1.29 is 8.78 Å². The Morgan fingerprint density at radius 1 is 1.16 bits per heavy atom. The van der Waals surface area contributed by atoms with Crippen LogP contribution >= 0.6 is 0 Å². The van der Waals surface area contributed by atoms with Gasteiger partial charge in [-0.25, -0.2) is 14.2 Å². The number of benzene rings is 2. The SMILES string of the molecule is CCc1cccc(C(NN)c2cccc(F)c2F)c1. The van der Waals surface area contributed by atoms with Crippen LogP contribution in [0.2, 0.25) is 0 Å². The molecule has 2 aromatic carbocycles. The van der Waals surface area contributed by atoms with Gasteiger partial charge in [-0.3, -0.25) is 5.84 Å². The van der Waals surface area contributed by atoms with Crippen LogP contribution in [-0.4, -0.2) is 0 Å². The fourth-order valence-electron chi connectivity index (χ4n) is 2.10. The van der Waals surface area contributed by atoms with Crippen LogP contribution in [0.25, 0.3) is 0 Å². The van der Waals surface area contributed by atoms with Crippen molar-refractivity contribution in [2.45, 2.75) is 19.4 Å². The molecule has 0 spiro atoms. The summed E-state index contributed by atoms with van der Waals surface area (Å²) in [5, 5.41) is 0. The third-order valence-electron chi connectivity index (χ3n) is 3.15. The van der Waals surface area contributed by atoms with Gasteiger partial charge in [0.05, 0.1) is 6.04 Å². The van der Waals surface area contributed by atoms with Crippen molar-refractivity contribution in [3.8, 4) is 0 Å². The Bertz CT molecular complexity index is 570. The van der Waals surface area contributed by atoms with E-state index in [0.29, 0.717) is 0 Å². The molecule has 2 rings (SSSR count). The first kappa shape index (κ1) is 13.6. The summed E-state index contributed by atoms with van der Waals surface area (Å²) in [6.07, 6.45) is 0.872. The molecule has 0 saturated heterocycles. The Morgan fingerprint density at radius 3 is 2.58 bits per heavy atom. The predicted octanol–water partition coefficient (Wildman–Crippen LogP) is 3.08. The van der Waals surface area contributed by atoms with Crippen LogP contribution in [0.1, 0.15) is 29.7 Å². The summed E-state index contributed by atoms with van der Waals surface area (Å²) in [4.78, 5) is 0. The summed E-state index contributed by atoms with van der Waals surface area (Å²) >= 11 is 0. The smallest absolute Gasteiger partial charge is 0.163 e. The minimum atomic E-state index is -0.871. The molecule has 0 aromatic heterocycles. The Kier molecular flexibility index (Phi) is 4.24. The van der Waals surface area contributed by atoms with Gasteiger partial charge < -0.3 is 0 Å². The molecule has 3 N–H and O–H groups in total.